The molecule has 0 fully saturated rings. The molecule has 0 bridgehead atoms. The number of H-pyrrole nitrogens is 1. The number of amides is 1. The minimum atomic E-state index is -0.494. The van der Waals surface area contributed by atoms with Gasteiger partial charge in [-0.2, -0.15) is 0 Å². The van der Waals surface area contributed by atoms with Gasteiger partial charge in [-0.05, 0) is 18.4 Å². The SMILES string of the molecule is COC(=O)c1sccc1NC(=O)c1n[nH]c(C)n1. The van der Waals surface area contributed by atoms with Crippen LogP contribution in [0.3, 0.4) is 0 Å². The summed E-state index contributed by atoms with van der Waals surface area (Å²) in [6.45, 7) is 1.69. The molecule has 2 rings (SSSR count). The fourth-order valence-corrected chi connectivity index (χ4v) is 2.05. The Hall–Kier alpha value is -2.22. The summed E-state index contributed by atoms with van der Waals surface area (Å²) in [4.78, 5) is 27.4. The number of nitrogens with one attached hydrogen (secondary N) is 2. The number of nitrogens with zero attached hydrogens (tertiary/aromatic N) is 2. The van der Waals surface area contributed by atoms with Crippen LogP contribution in [0.5, 0.6) is 0 Å². The Morgan fingerprint density at radius 1 is 1.50 bits per heavy atom. The molecule has 0 aliphatic rings. The van der Waals surface area contributed by atoms with Crippen LogP contribution in [-0.4, -0.2) is 34.2 Å². The highest BCUT2D eigenvalue weighted by molar-refractivity contribution is 7.12. The zero-order chi connectivity index (χ0) is 13.1. The molecule has 2 heterocycles. The van der Waals surface area contributed by atoms with Crippen molar-refractivity contribution >= 4 is 28.9 Å². The fourth-order valence-electron chi connectivity index (χ4n) is 1.28. The topological polar surface area (TPSA) is 97.0 Å². The molecule has 0 spiro atoms. The predicted molar refractivity (Wildman–Crippen MR) is 64.7 cm³/mol. The number of thiophene rings is 1. The summed E-state index contributed by atoms with van der Waals surface area (Å²) in [5.74, 6) is -0.414. The lowest BCUT2D eigenvalue weighted by molar-refractivity contribution is 0.0607. The number of hydrogen-bond acceptors (Lipinski definition) is 6. The first-order chi connectivity index (χ1) is 8.61. The number of anilines is 1. The largest absolute Gasteiger partial charge is 0.465 e. The van der Waals surface area contributed by atoms with Crippen LogP contribution in [0.25, 0.3) is 0 Å². The van der Waals surface area contributed by atoms with E-state index in [0.717, 1.165) is 0 Å². The van der Waals surface area contributed by atoms with Gasteiger partial charge in [0.05, 0.1) is 12.8 Å². The van der Waals surface area contributed by atoms with E-state index in [1.807, 2.05) is 0 Å². The van der Waals surface area contributed by atoms with Gasteiger partial charge < -0.3 is 10.1 Å². The lowest BCUT2D eigenvalue weighted by Crippen LogP contribution is -2.15. The van der Waals surface area contributed by atoms with E-state index in [1.165, 1.54) is 18.4 Å². The molecule has 8 heteroatoms. The molecular weight excluding hydrogens is 256 g/mol. The Morgan fingerprint density at radius 3 is 2.89 bits per heavy atom. The Balaban J connectivity index is 2.17. The average Bonchev–Trinajstić information content (AvgIpc) is 2.97. The minimum absolute atomic E-state index is 0.0227. The lowest BCUT2D eigenvalue weighted by Gasteiger charge is -2.02. The van der Waals surface area contributed by atoms with Crippen molar-refractivity contribution < 1.29 is 14.3 Å². The van der Waals surface area contributed by atoms with Crippen LogP contribution in [0.4, 0.5) is 5.69 Å². The van der Waals surface area contributed by atoms with Crippen LogP contribution >= 0.6 is 11.3 Å². The first-order valence-electron chi connectivity index (χ1n) is 4.98. The number of aromatic nitrogens is 3. The van der Waals surface area contributed by atoms with E-state index in [0.29, 0.717) is 16.4 Å². The van der Waals surface area contributed by atoms with Gasteiger partial charge in [0.2, 0.25) is 5.82 Å². The zero-order valence-corrected chi connectivity index (χ0v) is 10.5. The van der Waals surface area contributed by atoms with Crippen molar-refractivity contribution in [3.05, 3.63) is 28.0 Å². The molecule has 0 aromatic carbocycles. The van der Waals surface area contributed by atoms with Gasteiger partial charge in [0.1, 0.15) is 10.7 Å². The quantitative estimate of drug-likeness (QED) is 0.814. The highest BCUT2D eigenvalue weighted by Gasteiger charge is 2.18. The van der Waals surface area contributed by atoms with Gasteiger partial charge in [0.15, 0.2) is 0 Å². The molecule has 2 N–H and O–H groups in total. The third-order valence-corrected chi connectivity index (χ3v) is 2.98. The normalized spacial score (nSPS) is 10.1. The first-order valence-corrected chi connectivity index (χ1v) is 5.86. The van der Waals surface area contributed by atoms with Crippen molar-refractivity contribution in [2.75, 3.05) is 12.4 Å². The number of carbonyl (C=O) groups excluding carboxylic acids is 2. The maximum absolute atomic E-state index is 11.8. The van der Waals surface area contributed by atoms with Gasteiger partial charge in [0, 0.05) is 0 Å². The number of carbonyl (C=O) groups is 2. The van der Waals surface area contributed by atoms with Gasteiger partial charge in [-0.3, -0.25) is 9.89 Å². The average molecular weight is 266 g/mol. The summed E-state index contributed by atoms with van der Waals surface area (Å²) in [7, 11) is 1.28. The van der Waals surface area contributed by atoms with Crippen molar-refractivity contribution in [1.82, 2.24) is 15.2 Å². The number of hydrogen-bond donors (Lipinski definition) is 2. The lowest BCUT2D eigenvalue weighted by atomic mass is 10.3. The Bertz CT molecular complexity index is 589. The highest BCUT2D eigenvalue weighted by atomic mass is 32.1. The van der Waals surface area contributed by atoms with Crippen LogP contribution in [0, 0.1) is 6.92 Å². The van der Waals surface area contributed by atoms with Gasteiger partial charge in [-0.15, -0.1) is 16.4 Å². The molecule has 94 valence electrons. The van der Waals surface area contributed by atoms with Crippen LogP contribution in [0.2, 0.25) is 0 Å². The van der Waals surface area contributed by atoms with Crippen molar-refractivity contribution in [3.63, 3.8) is 0 Å². The second kappa shape index (κ2) is 4.96. The summed E-state index contributed by atoms with van der Waals surface area (Å²) in [5, 5.41) is 10.5. The minimum Gasteiger partial charge on any atom is -0.465 e. The molecule has 0 saturated heterocycles. The first kappa shape index (κ1) is 12.2. The summed E-state index contributed by atoms with van der Waals surface area (Å²) < 4.78 is 4.61. The van der Waals surface area contributed by atoms with E-state index in [9.17, 15) is 9.59 Å². The van der Waals surface area contributed by atoms with E-state index in [2.05, 4.69) is 25.2 Å². The molecule has 2 aromatic rings. The number of aromatic amines is 1. The smallest absolute Gasteiger partial charge is 0.350 e. The van der Waals surface area contributed by atoms with Gasteiger partial charge >= 0.3 is 5.97 Å². The number of rotatable bonds is 3. The van der Waals surface area contributed by atoms with Gasteiger partial charge in [-0.25, -0.2) is 9.78 Å². The molecule has 0 aliphatic heterocycles. The maximum atomic E-state index is 11.8. The third-order valence-electron chi connectivity index (χ3n) is 2.08. The maximum Gasteiger partial charge on any atom is 0.350 e. The standard InChI is InChI=1S/C10H10N4O3S/c1-5-11-8(14-13-5)9(15)12-6-3-4-18-7(6)10(16)17-2/h3-4H,1-2H3,(H,12,15)(H,11,13,14). The number of aryl methyl sites for hydroxylation is 1. The van der Waals surface area contributed by atoms with Crippen molar-refractivity contribution in [1.29, 1.82) is 0 Å². The summed E-state index contributed by atoms with van der Waals surface area (Å²) in [6, 6.07) is 1.62. The van der Waals surface area contributed by atoms with Crippen LogP contribution < -0.4 is 5.32 Å². The summed E-state index contributed by atoms with van der Waals surface area (Å²) in [6.07, 6.45) is 0. The molecule has 0 atom stereocenters. The Kier molecular flexibility index (Phi) is 3.38. The van der Waals surface area contributed by atoms with Crippen LogP contribution in [-0.2, 0) is 4.74 Å². The van der Waals surface area contributed by atoms with Crippen molar-refractivity contribution in [2.24, 2.45) is 0 Å². The van der Waals surface area contributed by atoms with Gasteiger partial charge in [0.25, 0.3) is 5.91 Å². The number of esters is 1. The molecule has 0 aliphatic carbocycles. The van der Waals surface area contributed by atoms with E-state index >= 15 is 0 Å². The van der Waals surface area contributed by atoms with E-state index < -0.39 is 11.9 Å². The summed E-state index contributed by atoms with van der Waals surface area (Å²) >= 11 is 1.19. The van der Waals surface area contributed by atoms with Crippen molar-refractivity contribution in [3.8, 4) is 0 Å². The monoisotopic (exact) mass is 266 g/mol. The summed E-state index contributed by atoms with van der Waals surface area (Å²) in [5.41, 5.74) is 0.388. The van der Waals surface area contributed by atoms with Crippen LogP contribution in [0.15, 0.2) is 11.4 Å². The second-order valence-electron chi connectivity index (χ2n) is 3.35. The molecule has 0 unspecified atom stereocenters. The predicted octanol–water partition coefficient (Wildman–Crippen LogP) is 1.21. The number of methoxy groups -OCH3 is 1. The zero-order valence-electron chi connectivity index (χ0n) is 9.68. The molecule has 0 radical (unpaired) electrons. The Morgan fingerprint density at radius 2 is 2.28 bits per heavy atom. The Labute approximate surface area is 106 Å². The molecule has 18 heavy (non-hydrogen) atoms. The second-order valence-corrected chi connectivity index (χ2v) is 4.27. The van der Waals surface area contributed by atoms with Crippen molar-refractivity contribution in [2.45, 2.75) is 6.92 Å². The van der Waals surface area contributed by atoms with Gasteiger partial charge in [-0.1, -0.05) is 0 Å². The van der Waals surface area contributed by atoms with Crippen LogP contribution in [0.1, 0.15) is 26.1 Å². The number of ether oxygens (including phenoxy) is 1. The third kappa shape index (κ3) is 2.38. The molecule has 2 aromatic heterocycles. The molecular formula is C10H10N4O3S. The highest BCUT2D eigenvalue weighted by Crippen LogP contribution is 2.23. The molecule has 0 saturated carbocycles. The van der Waals surface area contributed by atoms with E-state index in [4.69, 9.17) is 0 Å². The van der Waals surface area contributed by atoms with E-state index in [-0.39, 0.29) is 5.82 Å². The fraction of sp³-hybridized carbons (Fsp3) is 0.200. The van der Waals surface area contributed by atoms with E-state index in [1.54, 1.807) is 18.4 Å². The molecule has 7 nitrogen and oxygen atoms in total. The molecule has 1 amide bonds.